The van der Waals surface area contributed by atoms with Crippen molar-refractivity contribution < 1.29 is 27.9 Å². The van der Waals surface area contributed by atoms with E-state index < -0.39 is 24.5 Å². The molecule has 5 nitrogen and oxygen atoms in total. The van der Waals surface area contributed by atoms with Crippen LogP contribution in [0.2, 0.25) is 0 Å². The van der Waals surface area contributed by atoms with Gasteiger partial charge in [0.1, 0.15) is 24.0 Å². The van der Waals surface area contributed by atoms with Crippen LogP contribution in [0.25, 0.3) is 0 Å². The van der Waals surface area contributed by atoms with Crippen LogP contribution >= 0.6 is 0 Å². The topological polar surface area (TPSA) is 77.1 Å². The Kier molecular flexibility index (Phi) is 4.85. The quantitative estimate of drug-likeness (QED) is 0.374. The van der Waals surface area contributed by atoms with E-state index in [-0.39, 0.29) is 5.75 Å². The molecule has 3 N–H and O–H groups in total. The second-order valence-electron chi connectivity index (χ2n) is 3.61. The van der Waals surface area contributed by atoms with Gasteiger partial charge in [-0.3, -0.25) is 0 Å². The molecule has 0 heterocycles. The Labute approximate surface area is 107 Å². The van der Waals surface area contributed by atoms with Gasteiger partial charge in [-0.15, -0.1) is 0 Å². The van der Waals surface area contributed by atoms with Crippen molar-refractivity contribution in [1.29, 1.82) is 0 Å². The number of benzene rings is 1. The Balaban J connectivity index is 2.76. The van der Waals surface area contributed by atoms with E-state index in [1.807, 2.05) is 0 Å². The van der Waals surface area contributed by atoms with Gasteiger partial charge in [0.2, 0.25) is 0 Å². The largest absolute Gasteiger partial charge is 0.497 e. The predicted octanol–water partition coefficient (Wildman–Crippen LogP) is 2.00. The molecule has 0 spiro atoms. The van der Waals surface area contributed by atoms with E-state index in [2.05, 4.69) is 5.16 Å². The van der Waals surface area contributed by atoms with Crippen LogP contribution in [-0.2, 0) is 0 Å². The van der Waals surface area contributed by atoms with Gasteiger partial charge in [-0.2, -0.15) is 13.2 Å². The first kappa shape index (κ1) is 14.9. The van der Waals surface area contributed by atoms with E-state index in [0.717, 1.165) is 0 Å². The monoisotopic (exact) mass is 278 g/mol. The molecule has 0 aromatic heterocycles. The van der Waals surface area contributed by atoms with E-state index in [1.54, 1.807) is 12.1 Å². The Morgan fingerprint density at radius 2 is 2.05 bits per heavy atom. The van der Waals surface area contributed by atoms with Crippen LogP contribution in [0.1, 0.15) is 0 Å². The van der Waals surface area contributed by atoms with Crippen molar-refractivity contribution in [2.24, 2.45) is 16.8 Å². The van der Waals surface area contributed by atoms with Crippen molar-refractivity contribution in [1.82, 2.24) is 0 Å². The molecule has 0 aliphatic heterocycles. The van der Waals surface area contributed by atoms with Crippen molar-refractivity contribution >= 4 is 5.84 Å². The fourth-order valence-corrected chi connectivity index (χ4v) is 1.29. The number of oxime groups is 1. The maximum absolute atomic E-state index is 12.6. The smallest absolute Gasteiger partial charge is 0.402 e. The lowest BCUT2D eigenvalue weighted by molar-refractivity contribution is -0.162. The van der Waals surface area contributed by atoms with Crippen molar-refractivity contribution in [3.8, 4) is 11.5 Å². The van der Waals surface area contributed by atoms with Gasteiger partial charge in [0.05, 0.1) is 7.11 Å². The zero-order chi connectivity index (χ0) is 14.5. The van der Waals surface area contributed by atoms with Gasteiger partial charge in [0, 0.05) is 6.07 Å². The summed E-state index contributed by atoms with van der Waals surface area (Å²) >= 11 is 0. The van der Waals surface area contributed by atoms with E-state index in [9.17, 15) is 13.2 Å². The number of amidine groups is 1. The number of alkyl halides is 3. The number of methoxy groups -OCH3 is 1. The molecular weight excluding hydrogens is 265 g/mol. The first-order chi connectivity index (χ1) is 8.88. The Hall–Kier alpha value is -2.12. The van der Waals surface area contributed by atoms with E-state index in [4.69, 9.17) is 20.4 Å². The molecule has 1 unspecified atom stereocenters. The second-order valence-corrected chi connectivity index (χ2v) is 3.61. The minimum absolute atomic E-state index is 0.194. The fourth-order valence-electron chi connectivity index (χ4n) is 1.29. The summed E-state index contributed by atoms with van der Waals surface area (Å²) in [5, 5.41) is 10.7. The average molecular weight is 278 g/mol. The summed E-state index contributed by atoms with van der Waals surface area (Å²) in [5.41, 5.74) is 5.00. The lowest BCUT2D eigenvalue weighted by Gasteiger charge is -2.19. The highest BCUT2D eigenvalue weighted by atomic mass is 19.4. The zero-order valence-corrected chi connectivity index (χ0v) is 10.0. The average Bonchev–Trinajstić information content (AvgIpc) is 2.37. The van der Waals surface area contributed by atoms with Gasteiger partial charge in [-0.25, -0.2) is 0 Å². The summed E-state index contributed by atoms with van der Waals surface area (Å²) in [5.74, 6) is -2.48. The first-order valence-electron chi connectivity index (χ1n) is 5.19. The van der Waals surface area contributed by atoms with Crippen LogP contribution in [0.5, 0.6) is 11.5 Å². The molecule has 1 rings (SSSR count). The number of nitrogens with two attached hydrogens (primary N) is 1. The van der Waals surface area contributed by atoms with Crippen LogP contribution in [0.15, 0.2) is 29.4 Å². The summed E-state index contributed by atoms with van der Waals surface area (Å²) in [6.45, 7) is -0.785. The van der Waals surface area contributed by atoms with Crippen LogP contribution in [0.4, 0.5) is 13.2 Å². The molecule has 0 bridgehead atoms. The molecule has 0 fully saturated rings. The van der Waals surface area contributed by atoms with E-state index >= 15 is 0 Å². The minimum Gasteiger partial charge on any atom is -0.497 e. The van der Waals surface area contributed by atoms with E-state index in [1.165, 1.54) is 19.2 Å². The maximum Gasteiger partial charge on any atom is 0.402 e. The summed E-state index contributed by atoms with van der Waals surface area (Å²) in [6, 6.07) is 6.10. The lowest BCUT2D eigenvalue weighted by Crippen LogP contribution is -2.40. The Morgan fingerprint density at radius 3 is 2.58 bits per heavy atom. The number of halogens is 3. The van der Waals surface area contributed by atoms with Gasteiger partial charge in [-0.1, -0.05) is 11.2 Å². The summed E-state index contributed by atoms with van der Waals surface area (Å²) in [7, 11) is 1.42. The highest BCUT2D eigenvalue weighted by Crippen LogP contribution is 2.28. The van der Waals surface area contributed by atoms with Crippen LogP contribution in [-0.4, -0.2) is 30.9 Å². The molecule has 8 heteroatoms. The standard InChI is InChI=1S/C11H13F3N2O3/c1-18-7-3-2-4-8(5-7)19-6-9(10(15)16-17)11(12,13)14/h2-5,9,17H,6H2,1H3,(H2,15,16). The molecular formula is C11H13F3N2O3. The van der Waals surface area contributed by atoms with Crippen LogP contribution in [0.3, 0.4) is 0 Å². The number of nitrogens with zero attached hydrogens (tertiary/aromatic N) is 1. The molecule has 1 atom stereocenters. The molecule has 0 saturated heterocycles. The Bertz CT molecular complexity index is 449. The van der Waals surface area contributed by atoms with Crippen molar-refractivity contribution in [2.75, 3.05) is 13.7 Å². The second kappa shape index (κ2) is 6.17. The van der Waals surface area contributed by atoms with Crippen LogP contribution in [0, 0.1) is 5.92 Å². The predicted molar refractivity (Wildman–Crippen MR) is 61.4 cm³/mol. The molecule has 1 aromatic rings. The summed E-state index contributed by atoms with van der Waals surface area (Å²) in [4.78, 5) is 0. The third-order valence-electron chi connectivity index (χ3n) is 2.33. The number of hydrogen-bond acceptors (Lipinski definition) is 4. The van der Waals surface area contributed by atoms with Gasteiger partial charge < -0.3 is 20.4 Å². The molecule has 106 valence electrons. The normalized spacial score (nSPS) is 14.0. The highest BCUT2D eigenvalue weighted by Gasteiger charge is 2.43. The fraction of sp³-hybridized carbons (Fsp3) is 0.364. The SMILES string of the molecule is COc1cccc(OCC(/C(N)=N/O)C(F)(F)F)c1. The number of hydrogen-bond donors (Lipinski definition) is 2. The number of rotatable bonds is 5. The van der Waals surface area contributed by atoms with E-state index in [0.29, 0.717) is 5.75 Å². The van der Waals surface area contributed by atoms with Gasteiger partial charge >= 0.3 is 6.18 Å². The lowest BCUT2D eigenvalue weighted by atomic mass is 10.1. The third-order valence-corrected chi connectivity index (χ3v) is 2.33. The first-order valence-corrected chi connectivity index (χ1v) is 5.19. The van der Waals surface area contributed by atoms with Gasteiger partial charge in [-0.05, 0) is 12.1 Å². The molecule has 1 aromatic carbocycles. The van der Waals surface area contributed by atoms with Gasteiger partial charge in [0.15, 0.2) is 5.84 Å². The third kappa shape index (κ3) is 4.23. The zero-order valence-electron chi connectivity index (χ0n) is 10.0. The maximum atomic E-state index is 12.6. The van der Waals surface area contributed by atoms with Crippen LogP contribution < -0.4 is 15.2 Å². The molecule has 0 saturated carbocycles. The van der Waals surface area contributed by atoms with Crippen molar-refractivity contribution in [3.05, 3.63) is 24.3 Å². The molecule has 0 aliphatic rings. The summed E-state index contributed by atoms with van der Waals surface area (Å²) in [6.07, 6.45) is -4.66. The summed E-state index contributed by atoms with van der Waals surface area (Å²) < 4.78 is 47.8. The Morgan fingerprint density at radius 1 is 1.42 bits per heavy atom. The minimum atomic E-state index is -4.66. The number of ether oxygens (including phenoxy) is 2. The van der Waals surface area contributed by atoms with Crippen molar-refractivity contribution in [3.63, 3.8) is 0 Å². The molecule has 19 heavy (non-hydrogen) atoms. The highest BCUT2D eigenvalue weighted by molar-refractivity contribution is 5.83. The molecule has 0 amide bonds. The molecule has 0 radical (unpaired) electrons. The van der Waals surface area contributed by atoms with Gasteiger partial charge in [0.25, 0.3) is 0 Å². The van der Waals surface area contributed by atoms with Crippen molar-refractivity contribution in [2.45, 2.75) is 6.18 Å². The molecule has 0 aliphatic carbocycles.